The molecule has 5 unspecified atom stereocenters. The van der Waals surface area contributed by atoms with Crippen LogP contribution in [0.5, 0.6) is 0 Å². The van der Waals surface area contributed by atoms with Crippen LogP contribution in [0.4, 0.5) is 0 Å². The summed E-state index contributed by atoms with van der Waals surface area (Å²) in [5.41, 5.74) is 0. The second kappa shape index (κ2) is 28.9. The summed E-state index contributed by atoms with van der Waals surface area (Å²) in [4.78, 5) is 46.6. The minimum absolute atomic E-state index is 0.0363. The molecule has 9 heteroatoms. The molecule has 0 aliphatic heterocycles. The van der Waals surface area contributed by atoms with Crippen LogP contribution in [-0.2, 0) is 19.2 Å². The quantitative estimate of drug-likeness (QED) is 0.0825. The summed E-state index contributed by atoms with van der Waals surface area (Å²) >= 11 is 0. The summed E-state index contributed by atoms with van der Waals surface area (Å²) in [6, 6.07) is 1.20. The SMILES string of the molecule is CC(C)NC(C(=O)C(C)C)C(C)O.CC(C)NC(C(=O)C(C)C)C1CC1.CCC(NC(C)C)C(=O)C(C)C.CCCC(NC(C)C)C(=O)C(C)C. The van der Waals surface area contributed by atoms with Crippen molar-refractivity contribution in [2.24, 2.45) is 29.6 Å². The highest BCUT2D eigenvalue weighted by molar-refractivity contribution is 5.87. The first kappa shape index (κ1) is 53.8. The van der Waals surface area contributed by atoms with Gasteiger partial charge in [-0.1, -0.05) is 131 Å². The number of ketones is 4. The molecular weight excluding hydrogens is 640 g/mol. The van der Waals surface area contributed by atoms with Gasteiger partial charge in [-0.2, -0.15) is 0 Å². The average molecular weight is 727 g/mol. The van der Waals surface area contributed by atoms with Crippen LogP contribution in [0.3, 0.4) is 0 Å². The van der Waals surface area contributed by atoms with Crippen LogP contribution >= 0.6 is 0 Å². The number of Topliss-reactive ketones (excluding diaryl/α,β-unsaturated/α-hetero) is 4. The van der Waals surface area contributed by atoms with Gasteiger partial charge in [0.25, 0.3) is 0 Å². The summed E-state index contributed by atoms with van der Waals surface area (Å²) in [7, 11) is 0. The number of rotatable bonds is 21. The zero-order valence-corrected chi connectivity index (χ0v) is 36.7. The van der Waals surface area contributed by atoms with E-state index in [2.05, 4.69) is 69.7 Å². The number of carbonyl (C=O) groups excluding carboxylic acids is 4. The molecule has 0 saturated heterocycles. The second-order valence-corrected chi connectivity index (χ2v) is 16.8. The summed E-state index contributed by atoms with van der Waals surface area (Å²) < 4.78 is 0. The number of carbonyl (C=O) groups is 4. The highest BCUT2D eigenvalue weighted by atomic mass is 16.3. The van der Waals surface area contributed by atoms with Gasteiger partial charge in [-0.05, 0) is 38.5 Å². The standard InChI is InChI=1S/C11H21NO.C11H23NO.C10H21NO2.C10H21NO/c1-7(2)11(13)10(9-5-6-9)12-8(3)4;1-6-7-10(12-9(4)5)11(13)8(2)3;1-6(2)10(13)9(8(5)12)11-7(3)4;1-6-9(11-8(4)5)10(12)7(2)3/h7-10,12H,5-6H2,1-4H3;8-10,12H,6-7H2,1-5H3;6-9,11-12H,1-5H3;7-9,11H,6H2,1-5H3. The molecule has 1 rings (SSSR count). The van der Waals surface area contributed by atoms with Crippen molar-refractivity contribution in [3.8, 4) is 0 Å². The molecule has 0 radical (unpaired) electrons. The average Bonchev–Trinajstić information content (AvgIpc) is 3.85. The van der Waals surface area contributed by atoms with E-state index in [1.165, 1.54) is 12.8 Å². The maximum Gasteiger partial charge on any atom is 0.154 e. The lowest BCUT2D eigenvalue weighted by Crippen LogP contribution is -2.49. The van der Waals surface area contributed by atoms with Gasteiger partial charge in [0.15, 0.2) is 23.1 Å². The van der Waals surface area contributed by atoms with E-state index in [0.717, 1.165) is 19.3 Å². The Kier molecular flexibility index (Phi) is 30.5. The van der Waals surface area contributed by atoms with Gasteiger partial charge in [-0.15, -0.1) is 0 Å². The van der Waals surface area contributed by atoms with Crippen molar-refractivity contribution < 1.29 is 24.3 Å². The monoisotopic (exact) mass is 727 g/mol. The van der Waals surface area contributed by atoms with Crippen LogP contribution in [0, 0.1) is 29.6 Å². The maximum absolute atomic E-state index is 11.8. The zero-order chi connectivity index (χ0) is 40.8. The molecule has 0 aromatic heterocycles. The van der Waals surface area contributed by atoms with Crippen molar-refractivity contribution in [2.75, 3.05) is 0 Å². The molecule has 9 nitrogen and oxygen atoms in total. The second-order valence-electron chi connectivity index (χ2n) is 16.8. The van der Waals surface area contributed by atoms with Crippen molar-refractivity contribution >= 4 is 23.1 Å². The Labute approximate surface area is 315 Å². The lowest BCUT2D eigenvalue weighted by Gasteiger charge is -2.24. The summed E-state index contributed by atoms with van der Waals surface area (Å²) in [6.07, 6.45) is 4.72. The molecule has 5 atom stereocenters. The summed E-state index contributed by atoms with van der Waals surface area (Å²) in [5, 5.41) is 22.4. The molecule has 51 heavy (non-hydrogen) atoms. The molecule has 5 N–H and O–H groups in total. The third-order valence-corrected chi connectivity index (χ3v) is 8.23. The van der Waals surface area contributed by atoms with Crippen LogP contribution in [0.2, 0.25) is 0 Å². The molecule has 1 fully saturated rings. The van der Waals surface area contributed by atoms with Crippen molar-refractivity contribution in [3.63, 3.8) is 0 Å². The lowest BCUT2D eigenvalue weighted by atomic mass is 9.97. The van der Waals surface area contributed by atoms with Crippen LogP contribution in [0.25, 0.3) is 0 Å². The molecule has 0 spiro atoms. The highest BCUT2D eigenvalue weighted by Gasteiger charge is 2.36. The molecule has 304 valence electrons. The Bertz CT molecular complexity index is 908. The molecule has 0 aromatic rings. The number of nitrogens with one attached hydrogen (secondary N) is 4. The minimum Gasteiger partial charge on any atom is -0.391 e. The Morgan fingerprint density at radius 3 is 1.14 bits per heavy atom. The predicted octanol–water partition coefficient (Wildman–Crippen LogP) is 7.31. The highest BCUT2D eigenvalue weighted by Crippen LogP contribution is 2.34. The van der Waals surface area contributed by atoms with Crippen LogP contribution < -0.4 is 21.3 Å². The van der Waals surface area contributed by atoms with E-state index in [4.69, 9.17) is 0 Å². The summed E-state index contributed by atoms with van der Waals surface area (Å²) in [6.45, 7) is 37.7. The Balaban J connectivity index is -0.000000603. The molecule has 1 aliphatic carbocycles. The van der Waals surface area contributed by atoms with E-state index in [1.54, 1.807) is 6.92 Å². The van der Waals surface area contributed by atoms with E-state index >= 15 is 0 Å². The number of aliphatic hydroxyl groups excluding tert-OH is 1. The van der Waals surface area contributed by atoms with Gasteiger partial charge >= 0.3 is 0 Å². The molecule has 0 bridgehead atoms. The first-order valence-electron chi connectivity index (χ1n) is 20.2. The molecule has 0 amide bonds. The third kappa shape index (κ3) is 26.8. The first-order valence-corrected chi connectivity index (χ1v) is 20.2. The van der Waals surface area contributed by atoms with Gasteiger partial charge in [-0.3, -0.25) is 19.2 Å². The fourth-order valence-electron chi connectivity index (χ4n) is 5.38. The van der Waals surface area contributed by atoms with E-state index in [1.807, 2.05) is 76.2 Å². The third-order valence-electron chi connectivity index (χ3n) is 8.23. The zero-order valence-electron chi connectivity index (χ0n) is 36.7. The van der Waals surface area contributed by atoms with E-state index in [9.17, 15) is 24.3 Å². The minimum atomic E-state index is -0.628. The van der Waals surface area contributed by atoms with Crippen LogP contribution in [0.15, 0.2) is 0 Å². The smallest absolute Gasteiger partial charge is 0.154 e. The van der Waals surface area contributed by atoms with Crippen molar-refractivity contribution in [1.29, 1.82) is 0 Å². The molecule has 0 aromatic carbocycles. The van der Waals surface area contributed by atoms with Gasteiger partial charge in [0.05, 0.1) is 30.3 Å². The maximum atomic E-state index is 11.8. The van der Waals surface area contributed by atoms with Crippen LogP contribution in [0.1, 0.15) is 164 Å². The van der Waals surface area contributed by atoms with Gasteiger partial charge in [-0.25, -0.2) is 0 Å². The van der Waals surface area contributed by atoms with E-state index in [0.29, 0.717) is 41.4 Å². The fourth-order valence-corrected chi connectivity index (χ4v) is 5.38. The number of aliphatic hydroxyl groups is 1. The number of hydrogen-bond acceptors (Lipinski definition) is 9. The molecule has 1 aliphatic rings. The predicted molar refractivity (Wildman–Crippen MR) is 217 cm³/mol. The Morgan fingerprint density at radius 1 is 0.510 bits per heavy atom. The normalized spacial score (nSPS) is 15.9. The van der Waals surface area contributed by atoms with E-state index in [-0.39, 0.29) is 53.6 Å². The van der Waals surface area contributed by atoms with Crippen molar-refractivity contribution in [1.82, 2.24) is 21.3 Å². The largest absolute Gasteiger partial charge is 0.391 e. The summed E-state index contributed by atoms with van der Waals surface area (Å²) in [5.74, 6) is 2.16. The molecule has 1 saturated carbocycles. The van der Waals surface area contributed by atoms with Gasteiger partial charge < -0.3 is 26.4 Å². The van der Waals surface area contributed by atoms with Gasteiger partial charge in [0, 0.05) is 47.8 Å². The topological polar surface area (TPSA) is 137 Å². The first-order chi connectivity index (χ1) is 23.3. The number of hydrogen-bond donors (Lipinski definition) is 5. The Morgan fingerprint density at radius 2 is 0.863 bits per heavy atom. The fraction of sp³-hybridized carbons (Fsp3) is 0.905. The Hall–Kier alpha value is -1.52. The molecule has 0 heterocycles. The van der Waals surface area contributed by atoms with Gasteiger partial charge in [0.1, 0.15) is 0 Å². The van der Waals surface area contributed by atoms with Crippen molar-refractivity contribution in [2.45, 2.75) is 218 Å². The molecular formula is C42H86N4O5. The van der Waals surface area contributed by atoms with Crippen molar-refractivity contribution in [3.05, 3.63) is 0 Å². The van der Waals surface area contributed by atoms with Gasteiger partial charge in [0.2, 0.25) is 0 Å². The van der Waals surface area contributed by atoms with Crippen LogP contribution in [-0.4, -0.2) is 82.7 Å². The lowest BCUT2D eigenvalue weighted by molar-refractivity contribution is -0.127. The van der Waals surface area contributed by atoms with E-state index < -0.39 is 12.1 Å².